The highest BCUT2D eigenvalue weighted by molar-refractivity contribution is 8.01. The standard InChI is InChI=1S/C4HN4OS3/c10-2-3(12-8-6-2)11-4-7-5-1-9-4/h1H. The summed E-state index contributed by atoms with van der Waals surface area (Å²) < 4.78 is 9.39. The van der Waals surface area contributed by atoms with E-state index in [4.69, 9.17) is 17.0 Å². The van der Waals surface area contributed by atoms with Gasteiger partial charge in [-0.25, -0.2) is 0 Å². The first-order chi connectivity index (χ1) is 5.86. The summed E-state index contributed by atoms with van der Waals surface area (Å²) in [5.41, 5.74) is 0. The van der Waals surface area contributed by atoms with Crippen LogP contribution in [-0.4, -0.2) is 19.8 Å². The van der Waals surface area contributed by atoms with E-state index in [-0.39, 0.29) is 0 Å². The quantitative estimate of drug-likeness (QED) is 0.761. The van der Waals surface area contributed by atoms with Gasteiger partial charge in [0.1, 0.15) is 4.21 Å². The molecule has 0 fully saturated rings. The smallest absolute Gasteiger partial charge is 0.282 e. The molecule has 2 aromatic rings. The van der Waals surface area contributed by atoms with Crippen molar-refractivity contribution in [2.75, 3.05) is 0 Å². The van der Waals surface area contributed by atoms with Crippen LogP contribution in [0, 0.1) is 0 Å². The highest BCUT2D eigenvalue weighted by atomic mass is 32.2. The van der Waals surface area contributed by atoms with Crippen LogP contribution in [0.25, 0.3) is 0 Å². The lowest BCUT2D eigenvalue weighted by atomic mass is 11.0. The fourth-order valence-corrected chi connectivity index (χ4v) is 2.10. The molecule has 0 N–H and O–H groups in total. The maximum atomic E-state index is 4.91. The molecule has 0 amide bonds. The highest BCUT2D eigenvalue weighted by Crippen LogP contribution is 2.32. The Morgan fingerprint density at radius 1 is 1.50 bits per heavy atom. The van der Waals surface area contributed by atoms with E-state index in [2.05, 4.69) is 19.8 Å². The Labute approximate surface area is 81.2 Å². The second-order valence-corrected chi connectivity index (χ2v) is 4.03. The van der Waals surface area contributed by atoms with Gasteiger partial charge in [0.2, 0.25) is 6.39 Å². The number of hydrogen-bond donors (Lipinski definition) is 0. The van der Waals surface area contributed by atoms with Crippen molar-refractivity contribution in [2.24, 2.45) is 0 Å². The van der Waals surface area contributed by atoms with Crippen molar-refractivity contribution in [1.29, 1.82) is 0 Å². The minimum absolute atomic E-state index is 0.451. The molecule has 2 heterocycles. The maximum absolute atomic E-state index is 4.91. The Morgan fingerprint density at radius 3 is 3.00 bits per heavy atom. The molecule has 8 heteroatoms. The van der Waals surface area contributed by atoms with E-state index in [1.807, 2.05) is 0 Å². The number of nitrogens with zero attached hydrogens (tertiary/aromatic N) is 4. The van der Waals surface area contributed by atoms with Gasteiger partial charge in [-0.3, -0.25) is 0 Å². The van der Waals surface area contributed by atoms with E-state index in [0.29, 0.717) is 10.2 Å². The van der Waals surface area contributed by atoms with Crippen LogP contribution in [0.2, 0.25) is 0 Å². The lowest BCUT2D eigenvalue weighted by Crippen LogP contribution is -1.71. The van der Waals surface area contributed by atoms with Crippen LogP contribution in [-0.2, 0) is 0 Å². The Kier molecular flexibility index (Phi) is 2.19. The molecule has 61 valence electrons. The number of aromatic nitrogens is 4. The summed E-state index contributed by atoms with van der Waals surface area (Å²) in [6.45, 7) is 0. The van der Waals surface area contributed by atoms with Gasteiger partial charge in [0.25, 0.3) is 5.22 Å². The summed E-state index contributed by atoms with van der Waals surface area (Å²) in [6.07, 6.45) is 1.26. The molecule has 1 radical (unpaired) electrons. The van der Waals surface area contributed by atoms with E-state index >= 15 is 0 Å². The van der Waals surface area contributed by atoms with E-state index < -0.39 is 0 Å². The highest BCUT2D eigenvalue weighted by Gasteiger charge is 2.09. The topological polar surface area (TPSA) is 64.7 Å². The fraction of sp³-hybridized carbons (Fsp3) is 0. The van der Waals surface area contributed by atoms with Gasteiger partial charge in [-0.15, -0.1) is 15.3 Å². The molecule has 0 aliphatic heterocycles. The Bertz CT molecular complexity index is 358. The third-order valence-corrected chi connectivity index (χ3v) is 3.22. The Balaban J connectivity index is 2.20. The molecule has 2 aromatic heterocycles. The van der Waals surface area contributed by atoms with Gasteiger partial charge in [-0.1, -0.05) is 17.1 Å². The normalized spacial score (nSPS) is 10.3. The SMILES string of the molecule is [S]c1nnsc1Sc1nnco1. The van der Waals surface area contributed by atoms with Gasteiger partial charge >= 0.3 is 0 Å². The first-order valence-corrected chi connectivity index (χ1v) is 4.79. The van der Waals surface area contributed by atoms with Crippen molar-refractivity contribution in [3.05, 3.63) is 6.39 Å². The largest absolute Gasteiger partial charge is 0.419 e. The minimum atomic E-state index is 0.451. The van der Waals surface area contributed by atoms with Crippen LogP contribution in [0.15, 0.2) is 25.3 Å². The molecule has 0 aromatic carbocycles. The summed E-state index contributed by atoms with van der Waals surface area (Å²) in [5, 5.41) is 11.8. The predicted molar refractivity (Wildman–Crippen MR) is 44.2 cm³/mol. The van der Waals surface area contributed by atoms with Crippen molar-refractivity contribution < 1.29 is 4.42 Å². The average Bonchev–Trinajstić information content (AvgIpc) is 2.65. The fourth-order valence-electron chi connectivity index (χ4n) is 0.523. The molecule has 0 saturated heterocycles. The van der Waals surface area contributed by atoms with E-state index in [1.165, 1.54) is 29.7 Å². The monoisotopic (exact) mass is 217 g/mol. The molecule has 2 rings (SSSR count). The molecule has 0 bridgehead atoms. The minimum Gasteiger partial charge on any atom is -0.419 e. The summed E-state index contributed by atoms with van der Waals surface area (Å²) >= 11 is 7.38. The Hall–Kier alpha value is -0.730. The second kappa shape index (κ2) is 3.33. The van der Waals surface area contributed by atoms with Crippen LogP contribution in [0.3, 0.4) is 0 Å². The van der Waals surface area contributed by atoms with Gasteiger partial charge < -0.3 is 4.42 Å². The number of hydrogen-bond acceptors (Lipinski definition) is 7. The third kappa shape index (κ3) is 1.54. The summed E-state index contributed by atoms with van der Waals surface area (Å²) in [7, 11) is 0. The zero-order valence-electron chi connectivity index (χ0n) is 5.50. The van der Waals surface area contributed by atoms with Crippen molar-refractivity contribution in [1.82, 2.24) is 19.8 Å². The van der Waals surface area contributed by atoms with Gasteiger partial charge in [0.15, 0.2) is 5.03 Å². The molecule has 0 spiro atoms. The molecular weight excluding hydrogens is 216 g/mol. The van der Waals surface area contributed by atoms with Gasteiger partial charge in [-0.05, 0) is 23.3 Å². The zero-order chi connectivity index (χ0) is 8.39. The first kappa shape index (κ1) is 7.90. The molecule has 0 atom stereocenters. The lowest BCUT2D eigenvalue weighted by molar-refractivity contribution is 0.453. The lowest BCUT2D eigenvalue weighted by Gasteiger charge is -1.86. The summed E-state index contributed by atoms with van der Waals surface area (Å²) in [4.78, 5) is 0. The van der Waals surface area contributed by atoms with Gasteiger partial charge in [-0.2, -0.15) is 0 Å². The molecule has 5 nitrogen and oxygen atoms in total. The Morgan fingerprint density at radius 2 is 2.42 bits per heavy atom. The third-order valence-electron chi connectivity index (χ3n) is 0.950. The van der Waals surface area contributed by atoms with Crippen molar-refractivity contribution in [3.63, 3.8) is 0 Å². The van der Waals surface area contributed by atoms with E-state index in [9.17, 15) is 0 Å². The van der Waals surface area contributed by atoms with Gasteiger partial charge in [0, 0.05) is 0 Å². The van der Waals surface area contributed by atoms with Crippen LogP contribution in [0.1, 0.15) is 0 Å². The molecule has 0 saturated carbocycles. The van der Waals surface area contributed by atoms with Crippen LogP contribution >= 0.6 is 35.9 Å². The van der Waals surface area contributed by atoms with Gasteiger partial charge in [0.05, 0.1) is 0 Å². The van der Waals surface area contributed by atoms with Crippen molar-refractivity contribution in [3.8, 4) is 0 Å². The van der Waals surface area contributed by atoms with Crippen molar-refractivity contribution >= 4 is 35.9 Å². The van der Waals surface area contributed by atoms with E-state index in [1.54, 1.807) is 0 Å². The molecule has 0 unspecified atom stereocenters. The summed E-state index contributed by atoms with van der Waals surface area (Å²) in [6, 6.07) is 0. The van der Waals surface area contributed by atoms with Crippen LogP contribution < -0.4 is 0 Å². The second-order valence-electron chi connectivity index (χ2n) is 1.67. The predicted octanol–water partition coefficient (Wildman–Crippen LogP) is 1.63. The molecule has 0 aliphatic rings. The van der Waals surface area contributed by atoms with Crippen LogP contribution in [0.5, 0.6) is 0 Å². The van der Waals surface area contributed by atoms with Crippen LogP contribution in [0.4, 0.5) is 0 Å². The average molecular weight is 217 g/mol. The molecular formula is C4HN4OS3. The summed E-state index contributed by atoms with van der Waals surface area (Å²) in [5.74, 6) is 0. The first-order valence-electron chi connectivity index (χ1n) is 2.79. The molecule has 12 heavy (non-hydrogen) atoms. The number of rotatable bonds is 2. The maximum Gasteiger partial charge on any atom is 0.282 e. The zero-order valence-corrected chi connectivity index (χ0v) is 7.95. The molecule has 0 aliphatic carbocycles. The van der Waals surface area contributed by atoms with E-state index in [0.717, 1.165) is 4.21 Å². The van der Waals surface area contributed by atoms with Crippen molar-refractivity contribution in [2.45, 2.75) is 14.5 Å².